The summed E-state index contributed by atoms with van der Waals surface area (Å²) >= 11 is 6.15. The van der Waals surface area contributed by atoms with Gasteiger partial charge in [-0.15, -0.1) is 11.6 Å². The highest BCUT2D eigenvalue weighted by molar-refractivity contribution is 6.20. The summed E-state index contributed by atoms with van der Waals surface area (Å²) in [6, 6.07) is 0. The summed E-state index contributed by atoms with van der Waals surface area (Å²) < 4.78 is 4.84. The lowest BCUT2D eigenvalue weighted by atomic mass is 10.1. The van der Waals surface area contributed by atoms with Crippen molar-refractivity contribution in [2.45, 2.75) is 64.2 Å². The molecule has 0 amide bonds. The number of hydrogen-bond acceptors (Lipinski definition) is 2. The smallest absolute Gasteiger partial charge is 0.302 e. The van der Waals surface area contributed by atoms with Crippen molar-refractivity contribution in [2.75, 3.05) is 6.61 Å². The predicted octanol–water partition coefficient (Wildman–Crippen LogP) is 3.91. The second-order valence-corrected chi connectivity index (χ2v) is 4.55. The van der Waals surface area contributed by atoms with Crippen molar-refractivity contribution >= 4 is 17.6 Å². The molecule has 3 heteroatoms. The normalized spacial score (nSPS) is 12.5. The molecule has 0 aliphatic heterocycles. The zero-order valence-corrected chi connectivity index (χ0v) is 10.7. The van der Waals surface area contributed by atoms with E-state index in [0.717, 1.165) is 25.7 Å². The Labute approximate surface area is 98.3 Å². The van der Waals surface area contributed by atoms with Gasteiger partial charge in [-0.05, 0) is 25.7 Å². The largest absolute Gasteiger partial charge is 0.466 e. The van der Waals surface area contributed by atoms with Crippen molar-refractivity contribution in [2.24, 2.45) is 0 Å². The molecule has 0 radical (unpaired) electrons. The monoisotopic (exact) mass is 234 g/mol. The number of halogens is 1. The Morgan fingerprint density at radius 3 is 2.33 bits per heavy atom. The van der Waals surface area contributed by atoms with Crippen LogP contribution in [0.5, 0.6) is 0 Å². The third-order valence-corrected chi connectivity index (χ3v) is 2.77. The Morgan fingerprint density at radius 2 is 1.80 bits per heavy atom. The molecule has 15 heavy (non-hydrogen) atoms. The SMILES string of the molecule is CCCCCC(Cl)CCCCOC(C)=O. The zero-order chi connectivity index (χ0) is 11.5. The minimum atomic E-state index is -0.194. The molecule has 1 atom stereocenters. The molecule has 90 valence electrons. The molecule has 0 aliphatic rings. The van der Waals surface area contributed by atoms with Crippen LogP contribution in [0.1, 0.15) is 58.8 Å². The van der Waals surface area contributed by atoms with Crippen LogP contribution in [-0.4, -0.2) is 18.0 Å². The van der Waals surface area contributed by atoms with Crippen molar-refractivity contribution in [1.82, 2.24) is 0 Å². The third kappa shape index (κ3) is 11.7. The fourth-order valence-electron chi connectivity index (χ4n) is 1.44. The van der Waals surface area contributed by atoms with Crippen LogP contribution in [0, 0.1) is 0 Å². The van der Waals surface area contributed by atoms with Crippen LogP contribution in [0.3, 0.4) is 0 Å². The Hall–Kier alpha value is -0.240. The average molecular weight is 235 g/mol. The first-order valence-corrected chi connectivity index (χ1v) is 6.38. The highest BCUT2D eigenvalue weighted by Gasteiger charge is 2.03. The summed E-state index contributed by atoms with van der Waals surface area (Å²) in [5.74, 6) is -0.194. The maximum absolute atomic E-state index is 10.5. The Balaban J connectivity index is 3.16. The Morgan fingerprint density at radius 1 is 1.20 bits per heavy atom. The quantitative estimate of drug-likeness (QED) is 0.344. The molecule has 0 aliphatic carbocycles. The van der Waals surface area contributed by atoms with Crippen LogP contribution in [0.4, 0.5) is 0 Å². The molecular weight excluding hydrogens is 212 g/mol. The molecule has 0 spiro atoms. The maximum Gasteiger partial charge on any atom is 0.302 e. The van der Waals surface area contributed by atoms with Gasteiger partial charge in [0.2, 0.25) is 0 Å². The highest BCUT2D eigenvalue weighted by Crippen LogP contribution is 2.15. The lowest BCUT2D eigenvalue weighted by Gasteiger charge is -2.08. The topological polar surface area (TPSA) is 26.3 Å². The maximum atomic E-state index is 10.5. The number of alkyl halides is 1. The lowest BCUT2D eigenvalue weighted by molar-refractivity contribution is -0.141. The van der Waals surface area contributed by atoms with Gasteiger partial charge in [0.25, 0.3) is 0 Å². The summed E-state index contributed by atoms with van der Waals surface area (Å²) in [6.07, 6.45) is 7.88. The molecule has 0 bridgehead atoms. The first kappa shape index (κ1) is 14.8. The van der Waals surface area contributed by atoms with Gasteiger partial charge >= 0.3 is 5.97 Å². The molecule has 0 saturated carbocycles. The fourth-order valence-corrected chi connectivity index (χ4v) is 1.75. The Bertz CT molecular complexity index is 160. The number of ether oxygens (including phenoxy) is 1. The van der Waals surface area contributed by atoms with Crippen molar-refractivity contribution < 1.29 is 9.53 Å². The molecule has 0 rings (SSSR count). The van der Waals surface area contributed by atoms with E-state index in [0.29, 0.717) is 12.0 Å². The molecule has 0 saturated heterocycles. The van der Waals surface area contributed by atoms with Crippen LogP contribution < -0.4 is 0 Å². The first-order valence-electron chi connectivity index (χ1n) is 5.94. The van der Waals surface area contributed by atoms with Crippen molar-refractivity contribution in [3.8, 4) is 0 Å². The highest BCUT2D eigenvalue weighted by atomic mass is 35.5. The van der Waals surface area contributed by atoms with Gasteiger partial charge in [-0.3, -0.25) is 4.79 Å². The van der Waals surface area contributed by atoms with Crippen LogP contribution in [0.25, 0.3) is 0 Å². The van der Waals surface area contributed by atoms with Gasteiger partial charge in [0.05, 0.1) is 6.61 Å². The summed E-state index contributed by atoms with van der Waals surface area (Å²) in [7, 11) is 0. The predicted molar refractivity (Wildman–Crippen MR) is 64.3 cm³/mol. The number of unbranched alkanes of at least 4 members (excludes halogenated alkanes) is 3. The number of carbonyl (C=O) groups excluding carboxylic acids is 1. The Kier molecular flexibility index (Phi) is 10.1. The van der Waals surface area contributed by atoms with Crippen molar-refractivity contribution in [1.29, 1.82) is 0 Å². The van der Waals surface area contributed by atoms with Gasteiger partial charge in [-0.2, -0.15) is 0 Å². The summed E-state index contributed by atoms with van der Waals surface area (Å²) in [4.78, 5) is 10.5. The van der Waals surface area contributed by atoms with E-state index in [9.17, 15) is 4.79 Å². The summed E-state index contributed by atoms with van der Waals surface area (Å²) in [5.41, 5.74) is 0. The van der Waals surface area contributed by atoms with Gasteiger partial charge in [-0.1, -0.05) is 26.2 Å². The fraction of sp³-hybridized carbons (Fsp3) is 0.917. The second-order valence-electron chi connectivity index (χ2n) is 3.93. The van der Waals surface area contributed by atoms with Crippen molar-refractivity contribution in [3.63, 3.8) is 0 Å². The summed E-state index contributed by atoms with van der Waals surface area (Å²) in [5, 5.41) is 0.300. The number of rotatable bonds is 9. The second kappa shape index (κ2) is 10.3. The van der Waals surface area contributed by atoms with Gasteiger partial charge in [0, 0.05) is 12.3 Å². The molecule has 0 aromatic carbocycles. The van der Waals surface area contributed by atoms with Gasteiger partial charge < -0.3 is 4.74 Å². The number of carbonyl (C=O) groups is 1. The summed E-state index contributed by atoms with van der Waals surface area (Å²) in [6.45, 7) is 4.17. The van der Waals surface area contributed by atoms with E-state index in [4.69, 9.17) is 16.3 Å². The van der Waals surface area contributed by atoms with E-state index in [2.05, 4.69) is 6.92 Å². The number of hydrogen-bond donors (Lipinski definition) is 0. The number of esters is 1. The molecule has 0 heterocycles. The van der Waals surface area contributed by atoms with Gasteiger partial charge in [0.1, 0.15) is 0 Å². The standard InChI is InChI=1S/C12H23ClO2/c1-3-4-5-8-12(13)9-6-7-10-15-11(2)14/h12H,3-10H2,1-2H3. The van der Waals surface area contributed by atoms with Crippen LogP contribution >= 0.6 is 11.6 Å². The van der Waals surface area contributed by atoms with E-state index in [-0.39, 0.29) is 5.97 Å². The van der Waals surface area contributed by atoms with Crippen LogP contribution in [-0.2, 0) is 9.53 Å². The average Bonchev–Trinajstić information content (AvgIpc) is 2.17. The third-order valence-electron chi connectivity index (χ3n) is 2.34. The molecule has 0 aromatic heterocycles. The van der Waals surface area contributed by atoms with Crippen LogP contribution in [0.2, 0.25) is 0 Å². The minimum absolute atomic E-state index is 0.194. The van der Waals surface area contributed by atoms with Gasteiger partial charge in [0.15, 0.2) is 0 Å². The molecule has 0 N–H and O–H groups in total. The molecular formula is C12H23ClO2. The molecule has 1 unspecified atom stereocenters. The molecule has 2 nitrogen and oxygen atoms in total. The lowest BCUT2D eigenvalue weighted by Crippen LogP contribution is -2.03. The molecule has 0 fully saturated rings. The van der Waals surface area contributed by atoms with E-state index in [1.54, 1.807) is 0 Å². The zero-order valence-electron chi connectivity index (χ0n) is 9.93. The van der Waals surface area contributed by atoms with Crippen LogP contribution in [0.15, 0.2) is 0 Å². The van der Waals surface area contributed by atoms with E-state index >= 15 is 0 Å². The van der Waals surface area contributed by atoms with E-state index < -0.39 is 0 Å². The van der Waals surface area contributed by atoms with E-state index in [1.165, 1.54) is 26.2 Å². The molecule has 0 aromatic rings. The van der Waals surface area contributed by atoms with E-state index in [1.807, 2.05) is 0 Å². The minimum Gasteiger partial charge on any atom is -0.466 e. The van der Waals surface area contributed by atoms with Crippen molar-refractivity contribution in [3.05, 3.63) is 0 Å². The first-order chi connectivity index (χ1) is 7.16. The van der Waals surface area contributed by atoms with Gasteiger partial charge in [-0.25, -0.2) is 0 Å².